The maximum absolute atomic E-state index is 12.9. The summed E-state index contributed by atoms with van der Waals surface area (Å²) < 4.78 is 26.8. The van der Waals surface area contributed by atoms with Crippen molar-refractivity contribution in [2.45, 2.75) is 30.3 Å². The van der Waals surface area contributed by atoms with Crippen molar-refractivity contribution < 1.29 is 13.2 Å². The third-order valence-electron chi connectivity index (χ3n) is 4.31. The molecular weight excluding hydrogens is 336 g/mol. The predicted molar refractivity (Wildman–Crippen MR) is 96.7 cm³/mol. The summed E-state index contributed by atoms with van der Waals surface area (Å²) in [6.45, 7) is 5.62. The van der Waals surface area contributed by atoms with E-state index in [4.69, 9.17) is 0 Å². The van der Waals surface area contributed by atoms with E-state index >= 15 is 0 Å². The number of hydrogen-bond donors (Lipinski definition) is 1. The van der Waals surface area contributed by atoms with Crippen molar-refractivity contribution in [2.75, 3.05) is 0 Å². The summed E-state index contributed by atoms with van der Waals surface area (Å²) in [7, 11) is -3.94. The van der Waals surface area contributed by atoms with Gasteiger partial charge in [-0.1, -0.05) is 54.1 Å². The standard InChI is InChI=1S/C19H20N2O3S/c1-3-18-17(13-15-7-5-4-6-8-15)20-19(22)21(18)25(23,24)16-11-9-14(2)10-12-16/h3-12,17-18H,1,13H2,2H3,(H,20,22)/t17-,18+/m1/s1. The van der Waals surface area contributed by atoms with Gasteiger partial charge < -0.3 is 5.32 Å². The van der Waals surface area contributed by atoms with Crippen molar-refractivity contribution in [3.05, 3.63) is 78.4 Å². The van der Waals surface area contributed by atoms with E-state index in [1.54, 1.807) is 12.1 Å². The molecule has 2 atom stereocenters. The lowest BCUT2D eigenvalue weighted by molar-refractivity contribution is 0.233. The van der Waals surface area contributed by atoms with E-state index in [0.717, 1.165) is 15.4 Å². The van der Waals surface area contributed by atoms with Crippen molar-refractivity contribution in [1.29, 1.82) is 0 Å². The molecular formula is C19H20N2O3S. The Labute approximate surface area is 148 Å². The number of benzene rings is 2. The molecule has 25 heavy (non-hydrogen) atoms. The monoisotopic (exact) mass is 356 g/mol. The van der Waals surface area contributed by atoms with Crippen LogP contribution >= 0.6 is 0 Å². The van der Waals surface area contributed by atoms with Gasteiger partial charge in [0.15, 0.2) is 0 Å². The number of nitrogens with zero attached hydrogens (tertiary/aromatic N) is 1. The highest BCUT2D eigenvalue weighted by atomic mass is 32.2. The third kappa shape index (κ3) is 3.30. The van der Waals surface area contributed by atoms with Crippen LogP contribution in [0.2, 0.25) is 0 Å². The SMILES string of the molecule is C=C[C@H]1[C@@H](Cc2ccccc2)NC(=O)N1S(=O)(=O)c1ccc(C)cc1. The van der Waals surface area contributed by atoms with Crippen LogP contribution in [0.4, 0.5) is 4.79 Å². The summed E-state index contributed by atoms with van der Waals surface area (Å²) >= 11 is 0. The molecule has 3 rings (SSSR count). The zero-order valence-corrected chi connectivity index (χ0v) is 14.7. The lowest BCUT2D eigenvalue weighted by Crippen LogP contribution is -2.40. The third-order valence-corrected chi connectivity index (χ3v) is 6.10. The summed E-state index contributed by atoms with van der Waals surface area (Å²) in [5.41, 5.74) is 1.97. The quantitative estimate of drug-likeness (QED) is 0.838. The molecule has 2 aromatic carbocycles. The number of sulfonamides is 1. The molecule has 0 bridgehead atoms. The van der Waals surface area contributed by atoms with Gasteiger partial charge in [-0.3, -0.25) is 0 Å². The Hall–Kier alpha value is -2.60. The average Bonchev–Trinajstić information content (AvgIpc) is 2.92. The number of amides is 2. The Morgan fingerprint density at radius 3 is 2.36 bits per heavy atom. The Bertz CT molecular complexity index is 877. The summed E-state index contributed by atoms with van der Waals surface area (Å²) in [4.78, 5) is 12.5. The molecule has 1 saturated heterocycles. The molecule has 130 valence electrons. The van der Waals surface area contributed by atoms with Crippen molar-refractivity contribution >= 4 is 16.1 Å². The Morgan fingerprint density at radius 1 is 1.12 bits per heavy atom. The number of hydrogen-bond acceptors (Lipinski definition) is 3. The summed E-state index contributed by atoms with van der Waals surface area (Å²) in [6, 6.07) is 14.5. The number of aryl methyl sites for hydroxylation is 1. The zero-order valence-electron chi connectivity index (χ0n) is 13.9. The van der Waals surface area contributed by atoms with Crippen LogP contribution < -0.4 is 5.32 Å². The number of rotatable bonds is 5. The molecule has 5 nitrogen and oxygen atoms in total. The van der Waals surface area contributed by atoms with Crippen LogP contribution in [0.3, 0.4) is 0 Å². The van der Waals surface area contributed by atoms with Gasteiger partial charge in [-0.25, -0.2) is 17.5 Å². The minimum absolute atomic E-state index is 0.0976. The van der Waals surface area contributed by atoms with Gasteiger partial charge in [-0.15, -0.1) is 6.58 Å². The number of carbonyl (C=O) groups excluding carboxylic acids is 1. The topological polar surface area (TPSA) is 66.5 Å². The van der Waals surface area contributed by atoms with Crippen molar-refractivity contribution in [2.24, 2.45) is 0 Å². The molecule has 6 heteroatoms. The number of urea groups is 1. The van der Waals surface area contributed by atoms with E-state index in [9.17, 15) is 13.2 Å². The second-order valence-electron chi connectivity index (χ2n) is 6.09. The fraction of sp³-hybridized carbons (Fsp3) is 0.211. The highest BCUT2D eigenvalue weighted by molar-refractivity contribution is 7.89. The maximum Gasteiger partial charge on any atom is 0.332 e. The molecule has 0 unspecified atom stereocenters. The van der Waals surface area contributed by atoms with Gasteiger partial charge in [0, 0.05) is 0 Å². The number of carbonyl (C=O) groups is 1. The van der Waals surface area contributed by atoms with Gasteiger partial charge >= 0.3 is 6.03 Å². The lowest BCUT2D eigenvalue weighted by Gasteiger charge is -2.23. The fourth-order valence-electron chi connectivity index (χ4n) is 3.00. The van der Waals surface area contributed by atoms with E-state index in [1.807, 2.05) is 37.3 Å². The maximum atomic E-state index is 12.9. The van der Waals surface area contributed by atoms with Crippen LogP contribution in [0.5, 0.6) is 0 Å². The first-order valence-corrected chi connectivity index (χ1v) is 9.45. The first-order chi connectivity index (χ1) is 11.9. The highest BCUT2D eigenvalue weighted by Gasteiger charge is 2.44. The van der Waals surface area contributed by atoms with Gasteiger partial charge in [-0.05, 0) is 31.0 Å². The normalized spacial score (nSPS) is 20.4. The van der Waals surface area contributed by atoms with Crippen molar-refractivity contribution in [1.82, 2.24) is 9.62 Å². The van der Waals surface area contributed by atoms with Gasteiger partial charge in [-0.2, -0.15) is 0 Å². The van der Waals surface area contributed by atoms with E-state index in [-0.39, 0.29) is 10.9 Å². The molecule has 0 aliphatic carbocycles. The Balaban J connectivity index is 1.91. The minimum Gasteiger partial charge on any atom is -0.332 e. The smallest absolute Gasteiger partial charge is 0.332 e. The molecule has 0 radical (unpaired) electrons. The fourth-order valence-corrected chi connectivity index (χ4v) is 4.53. The largest absolute Gasteiger partial charge is 0.332 e. The van der Waals surface area contributed by atoms with Gasteiger partial charge in [0.1, 0.15) is 0 Å². The molecule has 1 fully saturated rings. The Morgan fingerprint density at radius 2 is 1.76 bits per heavy atom. The van der Waals surface area contributed by atoms with Crippen LogP contribution in [0.15, 0.2) is 72.1 Å². The predicted octanol–water partition coefficient (Wildman–Crippen LogP) is 2.87. The van der Waals surface area contributed by atoms with E-state index in [0.29, 0.717) is 6.42 Å². The van der Waals surface area contributed by atoms with Gasteiger partial charge in [0.25, 0.3) is 10.0 Å². The van der Waals surface area contributed by atoms with Gasteiger partial charge in [0.05, 0.1) is 17.0 Å². The average molecular weight is 356 g/mol. The number of nitrogens with one attached hydrogen (secondary N) is 1. The minimum atomic E-state index is -3.94. The Kier molecular flexibility index (Phi) is 4.63. The first kappa shape index (κ1) is 17.2. The second-order valence-corrected chi connectivity index (χ2v) is 7.90. The van der Waals surface area contributed by atoms with Crippen LogP contribution in [0.25, 0.3) is 0 Å². The van der Waals surface area contributed by atoms with E-state index in [2.05, 4.69) is 11.9 Å². The zero-order chi connectivity index (χ0) is 18.0. The molecule has 1 heterocycles. The van der Waals surface area contributed by atoms with Crippen LogP contribution in [-0.4, -0.2) is 30.8 Å². The van der Waals surface area contributed by atoms with Crippen molar-refractivity contribution in [3.63, 3.8) is 0 Å². The summed E-state index contributed by atoms with van der Waals surface area (Å²) in [5.74, 6) is 0. The molecule has 1 N–H and O–H groups in total. The summed E-state index contributed by atoms with van der Waals surface area (Å²) in [6.07, 6.45) is 2.04. The summed E-state index contributed by atoms with van der Waals surface area (Å²) in [5, 5.41) is 2.78. The van der Waals surface area contributed by atoms with Crippen LogP contribution in [0, 0.1) is 6.92 Å². The molecule has 0 saturated carbocycles. The van der Waals surface area contributed by atoms with Crippen molar-refractivity contribution in [3.8, 4) is 0 Å². The highest BCUT2D eigenvalue weighted by Crippen LogP contribution is 2.26. The van der Waals surface area contributed by atoms with E-state index in [1.165, 1.54) is 18.2 Å². The molecule has 2 aromatic rings. The first-order valence-electron chi connectivity index (χ1n) is 8.01. The molecule has 2 amide bonds. The molecule has 0 aromatic heterocycles. The van der Waals surface area contributed by atoms with Crippen LogP contribution in [0.1, 0.15) is 11.1 Å². The molecule has 0 spiro atoms. The molecule has 1 aliphatic rings. The second kappa shape index (κ2) is 6.72. The van der Waals surface area contributed by atoms with E-state index < -0.39 is 22.1 Å². The molecule has 1 aliphatic heterocycles. The van der Waals surface area contributed by atoms with Crippen LogP contribution in [-0.2, 0) is 16.4 Å². The van der Waals surface area contributed by atoms with Gasteiger partial charge in [0.2, 0.25) is 0 Å². The lowest BCUT2D eigenvalue weighted by atomic mass is 10.0.